The first-order valence-electron chi connectivity index (χ1n) is 12.1. The van der Waals surface area contributed by atoms with Crippen molar-refractivity contribution in [2.45, 2.75) is 26.2 Å². The van der Waals surface area contributed by atoms with Crippen LogP contribution in [0.15, 0.2) is 42.1 Å². The minimum absolute atomic E-state index is 0.207. The molecule has 2 aliphatic heterocycles. The lowest BCUT2D eigenvalue weighted by molar-refractivity contribution is -0.128. The average molecular weight is 529 g/mol. The first-order valence-corrected chi connectivity index (χ1v) is 13.9. The maximum Gasteiger partial charge on any atom is 0.258 e. The number of hydrogen-bond acceptors (Lipinski definition) is 7. The molecule has 2 heterocycles. The second kappa shape index (κ2) is 10.7. The van der Waals surface area contributed by atoms with Gasteiger partial charge in [-0.3, -0.25) is 13.9 Å². The van der Waals surface area contributed by atoms with E-state index in [1.165, 1.54) is 14.2 Å². The SMILES string of the molecule is CCC(Nc1ccc(N(CC(=O)N2CCCC2)S(C)(=O)=O)cc1)=C1C(=O)Nc2cc(OC)c(OC)cc21. The fourth-order valence-electron chi connectivity index (χ4n) is 4.60. The van der Waals surface area contributed by atoms with Crippen molar-refractivity contribution in [3.8, 4) is 11.5 Å². The number of carbonyl (C=O) groups excluding carboxylic acids is 2. The molecule has 1 saturated heterocycles. The molecule has 0 saturated carbocycles. The maximum absolute atomic E-state index is 12.9. The minimum atomic E-state index is -3.67. The monoisotopic (exact) mass is 528 g/mol. The number of amides is 2. The maximum atomic E-state index is 12.9. The smallest absolute Gasteiger partial charge is 0.258 e. The normalized spacial score (nSPS) is 16.2. The van der Waals surface area contributed by atoms with E-state index in [0.29, 0.717) is 64.9 Å². The highest BCUT2D eigenvalue weighted by Gasteiger charge is 2.30. The highest BCUT2D eigenvalue weighted by Crippen LogP contribution is 2.42. The molecule has 2 amide bonds. The number of likely N-dealkylation sites (tertiary alicyclic amines) is 1. The summed E-state index contributed by atoms with van der Waals surface area (Å²) >= 11 is 0. The van der Waals surface area contributed by atoms with E-state index in [0.717, 1.165) is 23.4 Å². The fourth-order valence-corrected chi connectivity index (χ4v) is 5.45. The zero-order valence-corrected chi connectivity index (χ0v) is 22.3. The first-order chi connectivity index (χ1) is 17.7. The number of anilines is 3. The van der Waals surface area contributed by atoms with Gasteiger partial charge in [0, 0.05) is 36.1 Å². The van der Waals surface area contributed by atoms with Gasteiger partial charge in [0.15, 0.2) is 11.5 Å². The molecule has 0 atom stereocenters. The summed E-state index contributed by atoms with van der Waals surface area (Å²) in [6, 6.07) is 10.2. The van der Waals surface area contributed by atoms with E-state index in [2.05, 4.69) is 10.6 Å². The third kappa shape index (κ3) is 5.51. The summed E-state index contributed by atoms with van der Waals surface area (Å²) in [6.07, 6.45) is 3.50. The molecule has 2 aromatic rings. The number of hydrogen-bond donors (Lipinski definition) is 2. The van der Waals surface area contributed by atoms with Crippen molar-refractivity contribution in [2.75, 3.05) is 55.0 Å². The average Bonchev–Trinajstić information content (AvgIpc) is 3.52. The number of nitrogens with one attached hydrogen (secondary N) is 2. The highest BCUT2D eigenvalue weighted by atomic mass is 32.2. The molecule has 37 heavy (non-hydrogen) atoms. The summed E-state index contributed by atoms with van der Waals surface area (Å²) in [5.74, 6) is 0.582. The van der Waals surface area contributed by atoms with E-state index >= 15 is 0 Å². The molecule has 0 unspecified atom stereocenters. The Morgan fingerprint density at radius 2 is 1.70 bits per heavy atom. The van der Waals surface area contributed by atoms with Gasteiger partial charge >= 0.3 is 0 Å². The van der Waals surface area contributed by atoms with Crippen LogP contribution < -0.4 is 24.4 Å². The second-order valence-corrected chi connectivity index (χ2v) is 10.9. The zero-order valence-electron chi connectivity index (χ0n) is 21.5. The van der Waals surface area contributed by atoms with Gasteiger partial charge in [0.1, 0.15) is 6.54 Å². The van der Waals surface area contributed by atoms with Crippen molar-refractivity contribution >= 4 is 44.5 Å². The quantitative estimate of drug-likeness (QED) is 0.480. The van der Waals surface area contributed by atoms with Gasteiger partial charge in [0.05, 0.1) is 37.4 Å². The van der Waals surface area contributed by atoms with E-state index < -0.39 is 10.0 Å². The van der Waals surface area contributed by atoms with Crippen LogP contribution in [-0.2, 0) is 19.6 Å². The van der Waals surface area contributed by atoms with Crippen molar-refractivity contribution in [3.63, 3.8) is 0 Å². The van der Waals surface area contributed by atoms with Crippen molar-refractivity contribution in [2.24, 2.45) is 0 Å². The molecule has 2 aromatic carbocycles. The Morgan fingerprint density at radius 3 is 2.27 bits per heavy atom. The van der Waals surface area contributed by atoms with Crippen molar-refractivity contribution in [1.82, 2.24) is 4.90 Å². The van der Waals surface area contributed by atoms with Crippen molar-refractivity contribution in [1.29, 1.82) is 0 Å². The minimum Gasteiger partial charge on any atom is -0.493 e. The van der Waals surface area contributed by atoms with E-state index in [-0.39, 0.29) is 18.4 Å². The molecule has 0 aromatic heterocycles. The van der Waals surface area contributed by atoms with Gasteiger partial charge in [-0.15, -0.1) is 0 Å². The fraction of sp³-hybridized carbons (Fsp3) is 0.385. The molecule has 1 fully saturated rings. The molecule has 2 N–H and O–H groups in total. The van der Waals surface area contributed by atoms with Crippen LogP contribution in [0, 0.1) is 0 Å². The number of rotatable bonds is 9. The predicted molar refractivity (Wildman–Crippen MR) is 143 cm³/mol. The van der Waals surface area contributed by atoms with Crippen molar-refractivity contribution in [3.05, 3.63) is 47.7 Å². The Labute approximate surface area is 217 Å². The van der Waals surface area contributed by atoms with Gasteiger partial charge in [-0.1, -0.05) is 6.92 Å². The highest BCUT2D eigenvalue weighted by molar-refractivity contribution is 7.92. The van der Waals surface area contributed by atoms with Crippen molar-refractivity contribution < 1.29 is 27.5 Å². The Morgan fingerprint density at radius 1 is 1.08 bits per heavy atom. The lowest BCUT2D eigenvalue weighted by Crippen LogP contribution is -2.41. The Hall–Kier alpha value is -3.73. The Balaban J connectivity index is 1.60. The molecule has 198 valence electrons. The van der Waals surface area contributed by atoms with Crippen LogP contribution in [0.5, 0.6) is 11.5 Å². The van der Waals surface area contributed by atoms with Crippen LogP contribution in [0.2, 0.25) is 0 Å². The summed E-state index contributed by atoms with van der Waals surface area (Å²) in [4.78, 5) is 27.2. The molecule has 2 aliphatic rings. The third-order valence-electron chi connectivity index (χ3n) is 6.51. The standard InChI is InChI=1S/C26H32N4O6S/c1-5-20(25-19-14-22(35-2)23(36-3)15-21(19)28-26(25)32)27-17-8-10-18(11-9-17)30(37(4,33)34)16-24(31)29-12-6-7-13-29/h8-11,14-15,27H,5-7,12-13,16H2,1-4H3,(H,28,32). The van der Waals surface area contributed by atoms with Crippen LogP contribution in [0.25, 0.3) is 5.57 Å². The molecule has 11 heteroatoms. The topological polar surface area (TPSA) is 117 Å². The van der Waals surface area contributed by atoms with E-state index in [1.54, 1.807) is 41.3 Å². The van der Waals surface area contributed by atoms with E-state index in [9.17, 15) is 18.0 Å². The first kappa shape index (κ1) is 26.3. The summed E-state index contributed by atoms with van der Waals surface area (Å²) in [5, 5.41) is 6.18. The third-order valence-corrected chi connectivity index (χ3v) is 7.65. The number of methoxy groups -OCH3 is 2. The van der Waals surface area contributed by atoms with Crippen LogP contribution in [-0.4, -0.2) is 65.2 Å². The summed E-state index contributed by atoms with van der Waals surface area (Å²) in [6.45, 7) is 3.01. The summed E-state index contributed by atoms with van der Waals surface area (Å²) in [7, 11) is -0.594. The molecule has 0 radical (unpaired) electrons. The van der Waals surface area contributed by atoms with Gasteiger partial charge in [-0.25, -0.2) is 8.42 Å². The number of ether oxygens (including phenoxy) is 2. The Bertz CT molecular complexity index is 1330. The predicted octanol–water partition coefficient (Wildman–Crippen LogP) is 3.28. The second-order valence-electron chi connectivity index (χ2n) is 8.94. The Kier molecular flexibility index (Phi) is 7.63. The molecule has 0 spiro atoms. The van der Waals surface area contributed by atoms with E-state index in [1.807, 2.05) is 6.92 Å². The summed E-state index contributed by atoms with van der Waals surface area (Å²) in [5.41, 5.74) is 3.60. The number of carbonyl (C=O) groups is 2. The van der Waals surface area contributed by atoms with Crippen LogP contribution >= 0.6 is 0 Å². The molecule has 0 aliphatic carbocycles. The van der Waals surface area contributed by atoms with Crippen LogP contribution in [0.1, 0.15) is 31.7 Å². The molecule has 10 nitrogen and oxygen atoms in total. The van der Waals surface area contributed by atoms with Gasteiger partial charge in [-0.05, 0) is 49.6 Å². The number of nitrogens with zero attached hydrogens (tertiary/aromatic N) is 2. The van der Waals surface area contributed by atoms with Gasteiger partial charge in [0.2, 0.25) is 15.9 Å². The lowest BCUT2D eigenvalue weighted by Gasteiger charge is -2.25. The number of fused-ring (bicyclic) bond motifs is 1. The van der Waals surface area contributed by atoms with Gasteiger partial charge in [-0.2, -0.15) is 0 Å². The lowest BCUT2D eigenvalue weighted by atomic mass is 10.0. The molecular weight excluding hydrogens is 496 g/mol. The molecule has 0 bridgehead atoms. The van der Waals surface area contributed by atoms with Gasteiger partial charge < -0.3 is 25.0 Å². The molecular formula is C26H32N4O6S. The zero-order chi connectivity index (χ0) is 26.7. The van der Waals surface area contributed by atoms with Crippen LogP contribution in [0.4, 0.5) is 17.1 Å². The largest absolute Gasteiger partial charge is 0.493 e. The number of allylic oxidation sites excluding steroid dienone is 1. The number of benzene rings is 2. The number of sulfonamides is 1. The summed E-state index contributed by atoms with van der Waals surface area (Å²) < 4.78 is 36.8. The molecule has 4 rings (SSSR count). The van der Waals surface area contributed by atoms with Gasteiger partial charge in [0.25, 0.3) is 5.91 Å². The van der Waals surface area contributed by atoms with E-state index in [4.69, 9.17) is 9.47 Å². The van der Waals surface area contributed by atoms with Crippen LogP contribution in [0.3, 0.4) is 0 Å².